The lowest BCUT2D eigenvalue weighted by atomic mass is 10.2. The van der Waals surface area contributed by atoms with Crippen molar-refractivity contribution in [1.29, 1.82) is 0 Å². The van der Waals surface area contributed by atoms with Crippen molar-refractivity contribution in [3.8, 4) is 17.2 Å². The van der Waals surface area contributed by atoms with Gasteiger partial charge in [0.15, 0.2) is 11.4 Å². The van der Waals surface area contributed by atoms with Gasteiger partial charge in [-0.1, -0.05) is 12.1 Å². The van der Waals surface area contributed by atoms with Gasteiger partial charge in [-0.25, -0.2) is 9.97 Å². The average molecular weight is 363 g/mol. The summed E-state index contributed by atoms with van der Waals surface area (Å²) in [6.45, 7) is 2.15. The van der Waals surface area contributed by atoms with E-state index < -0.39 is 0 Å². The Morgan fingerprint density at radius 3 is 2.59 bits per heavy atom. The molecule has 0 aliphatic rings. The van der Waals surface area contributed by atoms with E-state index in [9.17, 15) is 4.79 Å². The van der Waals surface area contributed by atoms with Crippen molar-refractivity contribution in [2.45, 2.75) is 13.5 Å². The van der Waals surface area contributed by atoms with Gasteiger partial charge in [0.05, 0.1) is 19.9 Å². The van der Waals surface area contributed by atoms with Gasteiger partial charge < -0.3 is 14.9 Å². The second-order valence-electron chi connectivity index (χ2n) is 6.04. The van der Waals surface area contributed by atoms with Crippen molar-refractivity contribution in [2.75, 3.05) is 12.8 Å². The number of hydrogen-bond acceptors (Lipinski definition) is 7. The highest BCUT2D eigenvalue weighted by molar-refractivity contribution is 5.86. The summed E-state index contributed by atoms with van der Waals surface area (Å²) in [6.07, 6.45) is 1.25. The Morgan fingerprint density at radius 1 is 1.15 bits per heavy atom. The van der Waals surface area contributed by atoms with Crippen LogP contribution in [0, 0.1) is 6.92 Å². The zero-order valence-corrected chi connectivity index (χ0v) is 14.8. The molecule has 0 aliphatic heterocycles. The van der Waals surface area contributed by atoms with E-state index in [2.05, 4.69) is 15.0 Å². The number of methoxy groups -OCH3 is 1. The Morgan fingerprint density at radius 2 is 1.93 bits per heavy atom. The molecule has 3 heterocycles. The molecule has 0 atom stereocenters. The Balaban J connectivity index is 1.88. The third-order valence-corrected chi connectivity index (χ3v) is 4.18. The largest absolute Gasteiger partial charge is 0.497 e. The highest BCUT2D eigenvalue weighted by Gasteiger charge is 2.16. The number of aromatic nitrogens is 4. The minimum absolute atomic E-state index is 0.0439. The molecule has 27 heavy (non-hydrogen) atoms. The van der Waals surface area contributed by atoms with Crippen LogP contribution >= 0.6 is 0 Å². The number of aryl methyl sites for hydroxylation is 1. The summed E-state index contributed by atoms with van der Waals surface area (Å²) in [7, 11) is 1.60. The van der Waals surface area contributed by atoms with Crippen molar-refractivity contribution in [3.05, 3.63) is 64.3 Å². The monoisotopic (exact) mass is 363 g/mol. The van der Waals surface area contributed by atoms with Crippen LogP contribution in [0.2, 0.25) is 0 Å². The first-order chi connectivity index (χ1) is 13.0. The smallest absolute Gasteiger partial charge is 0.270 e. The molecule has 1 aromatic carbocycles. The first-order valence-corrected chi connectivity index (χ1v) is 8.28. The normalized spacial score (nSPS) is 11.0. The number of anilines is 1. The van der Waals surface area contributed by atoms with Crippen LogP contribution in [0.1, 0.15) is 11.3 Å². The van der Waals surface area contributed by atoms with Crippen LogP contribution in [-0.4, -0.2) is 26.6 Å². The summed E-state index contributed by atoms with van der Waals surface area (Å²) < 4.78 is 12.3. The van der Waals surface area contributed by atoms with Crippen LogP contribution in [0.3, 0.4) is 0 Å². The summed E-state index contributed by atoms with van der Waals surface area (Å²) in [5.74, 6) is 2.05. The molecule has 0 saturated heterocycles. The van der Waals surface area contributed by atoms with E-state index in [1.807, 2.05) is 37.3 Å². The van der Waals surface area contributed by atoms with Crippen molar-refractivity contribution >= 4 is 17.1 Å². The molecule has 4 rings (SSSR count). The lowest BCUT2D eigenvalue weighted by Crippen LogP contribution is -2.22. The fourth-order valence-electron chi connectivity index (χ4n) is 2.86. The van der Waals surface area contributed by atoms with Gasteiger partial charge in [-0.15, -0.1) is 0 Å². The van der Waals surface area contributed by atoms with Crippen LogP contribution < -0.4 is 16.0 Å². The third-order valence-electron chi connectivity index (χ3n) is 4.18. The molecule has 136 valence electrons. The molecule has 3 aromatic heterocycles. The van der Waals surface area contributed by atoms with Crippen LogP contribution in [0.5, 0.6) is 5.75 Å². The molecule has 8 nitrogen and oxygen atoms in total. The van der Waals surface area contributed by atoms with E-state index >= 15 is 0 Å². The minimum Gasteiger partial charge on any atom is -0.497 e. The topological polar surface area (TPSA) is 109 Å². The van der Waals surface area contributed by atoms with Crippen LogP contribution in [0.25, 0.3) is 22.6 Å². The van der Waals surface area contributed by atoms with E-state index in [0.717, 1.165) is 17.1 Å². The molecule has 0 amide bonds. The first kappa shape index (κ1) is 16.8. The number of rotatable bonds is 4. The molecule has 0 unspecified atom stereocenters. The maximum Gasteiger partial charge on any atom is 0.270 e. The number of hydrogen-bond donors (Lipinski definition) is 1. The highest BCUT2D eigenvalue weighted by atomic mass is 16.5. The number of nitrogen functional groups attached to an aromatic ring is 1. The van der Waals surface area contributed by atoms with Gasteiger partial charge in [0, 0.05) is 0 Å². The number of fused-ring (bicyclic) bond motifs is 1. The van der Waals surface area contributed by atoms with E-state index in [4.69, 9.17) is 14.9 Å². The maximum atomic E-state index is 12.5. The van der Waals surface area contributed by atoms with Gasteiger partial charge in [0.25, 0.3) is 5.56 Å². The van der Waals surface area contributed by atoms with Crippen molar-refractivity contribution < 1.29 is 9.15 Å². The minimum atomic E-state index is -0.280. The predicted molar refractivity (Wildman–Crippen MR) is 101 cm³/mol. The number of benzene rings is 1. The van der Waals surface area contributed by atoms with Crippen LogP contribution in [0.4, 0.5) is 5.95 Å². The second-order valence-corrected chi connectivity index (χ2v) is 6.04. The van der Waals surface area contributed by atoms with Gasteiger partial charge >= 0.3 is 0 Å². The van der Waals surface area contributed by atoms with E-state index in [1.54, 1.807) is 13.2 Å². The van der Waals surface area contributed by atoms with Gasteiger partial charge in [-0.2, -0.15) is 4.98 Å². The first-order valence-electron chi connectivity index (χ1n) is 8.28. The van der Waals surface area contributed by atoms with Gasteiger partial charge in [-0.05, 0) is 36.8 Å². The molecule has 8 heteroatoms. The molecular weight excluding hydrogens is 346 g/mol. The summed E-state index contributed by atoms with van der Waals surface area (Å²) in [6, 6.07) is 11.1. The predicted octanol–water partition coefficient (Wildman–Crippen LogP) is 2.39. The molecule has 2 N–H and O–H groups in total. The zero-order chi connectivity index (χ0) is 19.0. The Bertz CT molecular complexity index is 1180. The highest BCUT2D eigenvalue weighted by Crippen LogP contribution is 2.26. The average Bonchev–Trinajstić information content (AvgIpc) is 3.10. The van der Waals surface area contributed by atoms with Gasteiger partial charge in [-0.3, -0.25) is 9.36 Å². The number of ether oxygens (including phenoxy) is 1. The Kier molecular flexibility index (Phi) is 4.08. The van der Waals surface area contributed by atoms with E-state index in [-0.39, 0.29) is 11.5 Å². The van der Waals surface area contributed by atoms with E-state index in [0.29, 0.717) is 29.2 Å². The molecule has 0 fully saturated rings. The zero-order valence-electron chi connectivity index (χ0n) is 14.8. The lowest BCUT2D eigenvalue weighted by Gasteiger charge is -2.11. The maximum absolute atomic E-state index is 12.5. The summed E-state index contributed by atoms with van der Waals surface area (Å²) in [4.78, 5) is 25.2. The molecule has 0 saturated carbocycles. The van der Waals surface area contributed by atoms with Gasteiger partial charge in [0.1, 0.15) is 22.7 Å². The quantitative estimate of drug-likeness (QED) is 0.593. The Labute approximate surface area is 154 Å². The number of nitrogens with zero attached hydrogens (tertiary/aromatic N) is 4. The van der Waals surface area contributed by atoms with Crippen LogP contribution in [0.15, 0.2) is 51.8 Å². The fourth-order valence-corrected chi connectivity index (χ4v) is 2.86. The summed E-state index contributed by atoms with van der Waals surface area (Å²) >= 11 is 0. The molecule has 0 radical (unpaired) electrons. The lowest BCUT2D eigenvalue weighted by molar-refractivity contribution is 0.414. The van der Waals surface area contributed by atoms with Crippen molar-refractivity contribution in [3.63, 3.8) is 0 Å². The van der Waals surface area contributed by atoms with Gasteiger partial charge in [0.2, 0.25) is 5.95 Å². The van der Waals surface area contributed by atoms with Crippen molar-refractivity contribution in [2.24, 2.45) is 0 Å². The molecule has 0 aliphatic carbocycles. The van der Waals surface area contributed by atoms with E-state index in [1.165, 1.54) is 10.8 Å². The second kappa shape index (κ2) is 6.56. The summed E-state index contributed by atoms with van der Waals surface area (Å²) in [5.41, 5.74) is 7.79. The number of furan rings is 1. The molecule has 4 aromatic rings. The molecular formula is C19H17N5O3. The SMILES string of the molecule is COc1ccc(Cn2c(=O)cnc3c(-c4ccc(C)o4)nc(N)nc32)cc1. The van der Waals surface area contributed by atoms with Crippen LogP contribution in [-0.2, 0) is 6.54 Å². The molecule has 0 bridgehead atoms. The standard InChI is InChI=1S/C19H17N5O3/c1-11-3-8-14(27-11)16-17-18(23-19(20)22-16)24(15(25)9-21-17)10-12-4-6-13(26-2)7-5-12/h3-9H,10H2,1-2H3,(H2,20,22,23). The fraction of sp³-hybridized carbons (Fsp3) is 0.158. The third kappa shape index (κ3) is 3.12. The molecule has 0 spiro atoms. The van der Waals surface area contributed by atoms with Crippen molar-refractivity contribution in [1.82, 2.24) is 19.5 Å². The Hall–Kier alpha value is -3.68. The number of nitrogens with two attached hydrogens (primary N) is 1. The summed E-state index contributed by atoms with van der Waals surface area (Å²) in [5, 5.41) is 0.